The summed E-state index contributed by atoms with van der Waals surface area (Å²) >= 11 is 0. The van der Waals surface area contributed by atoms with Crippen molar-refractivity contribution in [2.24, 2.45) is 0 Å². The van der Waals surface area contributed by atoms with Gasteiger partial charge < -0.3 is 4.90 Å². The fourth-order valence-electron chi connectivity index (χ4n) is 2.26. The maximum absolute atomic E-state index is 10.8. The van der Waals surface area contributed by atoms with Crippen molar-refractivity contribution in [3.63, 3.8) is 0 Å². The highest BCUT2D eigenvalue weighted by atomic mass is 35.7. The van der Waals surface area contributed by atoms with E-state index in [2.05, 4.69) is 11.8 Å². The first-order chi connectivity index (χ1) is 7.03. The van der Waals surface area contributed by atoms with E-state index in [1.807, 2.05) is 0 Å². The minimum Gasteiger partial charge on any atom is -0.300 e. The van der Waals surface area contributed by atoms with E-state index in [1.165, 1.54) is 19.3 Å². The molecule has 1 fully saturated rings. The summed E-state index contributed by atoms with van der Waals surface area (Å²) in [5.74, 6) is 0.0987. The molecule has 0 radical (unpaired) electrons. The average molecular weight is 254 g/mol. The second-order valence-corrected chi connectivity index (χ2v) is 7.09. The largest absolute Gasteiger partial charge is 0.300 e. The lowest BCUT2D eigenvalue weighted by Crippen LogP contribution is -2.39. The second-order valence-electron chi connectivity index (χ2n) is 4.19. The van der Waals surface area contributed by atoms with Crippen LogP contribution in [0.5, 0.6) is 0 Å². The van der Waals surface area contributed by atoms with Crippen molar-refractivity contribution in [1.29, 1.82) is 0 Å². The van der Waals surface area contributed by atoms with E-state index < -0.39 is 9.05 Å². The number of piperidine rings is 1. The number of hydrogen-bond donors (Lipinski definition) is 0. The third kappa shape index (κ3) is 5.18. The average Bonchev–Trinajstić information content (AvgIpc) is 2.16. The molecule has 0 spiro atoms. The van der Waals surface area contributed by atoms with Crippen LogP contribution in [0.2, 0.25) is 0 Å². The standard InChI is InChI=1S/C10H20ClNO2S/c1-2-10-6-3-4-7-12(10)8-5-9-15(11,13)14/h10H,2-9H2,1H3. The Balaban J connectivity index is 2.29. The fourth-order valence-corrected chi connectivity index (χ4v) is 3.06. The van der Waals surface area contributed by atoms with Crippen LogP contribution in [0.4, 0.5) is 0 Å². The van der Waals surface area contributed by atoms with E-state index in [4.69, 9.17) is 10.7 Å². The highest BCUT2D eigenvalue weighted by Crippen LogP contribution is 2.19. The van der Waals surface area contributed by atoms with Gasteiger partial charge in [0.2, 0.25) is 9.05 Å². The Morgan fingerprint density at radius 3 is 2.73 bits per heavy atom. The third-order valence-corrected chi connectivity index (χ3v) is 4.29. The fraction of sp³-hybridized carbons (Fsp3) is 1.00. The molecule has 0 aromatic carbocycles. The van der Waals surface area contributed by atoms with Gasteiger partial charge in [0.15, 0.2) is 0 Å². The van der Waals surface area contributed by atoms with Crippen molar-refractivity contribution in [3.8, 4) is 0 Å². The zero-order valence-corrected chi connectivity index (χ0v) is 10.9. The predicted octanol–water partition coefficient (Wildman–Crippen LogP) is 2.21. The Morgan fingerprint density at radius 1 is 1.40 bits per heavy atom. The molecule has 90 valence electrons. The summed E-state index contributed by atoms with van der Waals surface area (Å²) in [5.41, 5.74) is 0. The summed E-state index contributed by atoms with van der Waals surface area (Å²) in [6.07, 6.45) is 5.62. The van der Waals surface area contributed by atoms with Gasteiger partial charge in [0.25, 0.3) is 0 Å². The van der Waals surface area contributed by atoms with Crippen LogP contribution >= 0.6 is 10.7 Å². The van der Waals surface area contributed by atoms with Crippen LogP contribution in [0.1, 0.15) is 39.0 Å². The Hall–Kier alpha value is 0.200. The topological polar surface area (TPSA) is 37.4 Å². The third-order valence-electron chi connectivity index (χ3n) is 3.05. The molecule has 15 heavy (non-hydrogen) atoms. The molecule has 1 aliphatic heterocycles. The van der Waals surface area contributed by atoms with Gasteiger partial charge in [0.1, 0.15) is 0 Å². The van der Waals surface area contributed by atoms with Crippen molar-refractivity contribution in [1.82, 2.24) is 4.90 Å². The van der Waals surface area contributed by atoms with Gasteiger partial charge >= 0.3 is 0 Å². The first kappa shape index (κ1) is 13.3. The predicted molar refractivity (Wildman–Crippen MR) is 63.8 cm³/mol. The SMILES string of the molecule is CCC1CCCCN1CCCS(=O)(=O)Cl. The zero-order valence-electron chi connectivity index (χ0n) is 9.28. The van der Waals surface area contributed by atoms with Crippen molar-refractivity contribution in [3.05, 3.63) is 0 Å². The lowest BCUT2D eigenvalue weighted by Gasteiger charge is -2.35. The molecule has 1 aliphatic rings. The molecule has 0 aromatic rings. The molecule has 0 saturated carbocycles. The van der Waals surface area contributed by atoms with Crippen LogP contribution in [0.3, 0.4) is 0 Å². The molecule has 0 N–H and O–H groups in total. The zero-order chi connectivity index (χ0) is 11.3. The summed E-state index contributed by atoms with van der Waals surface area (Å²) in [6.45, 7) is 4.17. The molecule has 0 aliphatic carbocycles. The van der Waals surface area contributed by atoms with Crippen molar-refractivity contribution in [2.45, 2.75) is 45.1 Å². The number of hydrogen-bond acceptors (Lipinski definition) is 3. The van der Waals surface area contributed by atoms with Gasteiger partial charge in [-0.25, -0.2) is 8.42 Å². The Labute approximate surface area is 97.2 Å². The van der Waals surface area contributed by atoms with Gasteiger partial charge in [0.05, 0.1) is 5.75 Å². The quantitative estimate of drug-likeness (QED) is 0.705. The Kier molecular flexibility index (Phi) is 5.36. The number of likely N-dealkylation sites (tertiary alicyclic amines) is 1. The molecule has 0 bridgehead atoms. The van der Waals surface area contributed by atoms with Crippen molar-refractivity contribution < 1.29 is 8.42 Å². The molecule has 1 heterocycles. The van der Waals surface area contributed by atoms with Gasteiger partial charge in [-0.1, -0.05) is 13.3 Å². The normalized spacial score (nSPS) is 24.3. The monoisotopic (exact) mass is 253 g/mol. The summed E-state index contributed by atoms with van der Waals surface area (Å²) in [6, 6.07) is 0.650. The maximum Gasteiger partial charge on any atom is 0.232 e. The van der Waals surface area contributed by atoms with E-state index in [0.29, 0.717) is 12.5 Å². The molecule has 3 nitrogen and oxygen atoms in total. The first-order valence-corrected chi connectivity index (χ1v) is 8.17. The number of rotatable bonds is 5. The van der Waals surface area contributed by atoms with Crippen LogP contribution in [-0.4, -0.2) is 38.2 Å². The van der Waals surface area contributed by atoms with Gasteiger partial charge in [-0.2, -0.15) is 0 Å². The van der Waals surface area contributed by atoms with Crippen LogP contribution in [-0.2, 0) is 9.05 Å². The van der Waals surface area contributed by atoms with Gasteiger partial charge in [0, 0.05) is 16.7 Å². The highest BCUT2D eigenvalue weighted by molar-refractivity contribution is 8.13. The van der Waals surface area contributed by atoms with Crippen LogP contribution in [0.15, 0.2) is 0 Å². The summed E-state index contributed by atoms with van der Waals surface area (Å²) in [7, 11) is 1.87. The van der Waals surface area contributed by atoms with E-state index >= 15 is 0 Å². The molecular formula is C10H20ClNO2S. The smallest absolute Gasteiger partial charge is 0.232 e. The Bertz CT molecular complexity index is 279. The molecule has 1 saturated heterocycles. The van der Waals surface area contributed by atoms with E-state index in [-0.39, 0.29) is 5.75 Å². The van der Waals surface area contributed by atoms with Crippen molar-refractivity contribution >= 4 is 19.7 Å². The summed E-state index contributed by atoms with van der Waals surface area (Å²) in [4.78, 5) is 2.41. The molecular weight excluding hydrogens is 234 g/mol. The van der Waals surface area contributed by atoms with Crippen LogP contribution in [0.25, 0.3) is 0 Å². The van der Waals surface area contributed by atoms with Crippen molar-refractivity contribution in [2.75, 3.05) is 18.8 Å². The lowest BCUT2D eigenvalue weighted by molar-refractivity contribution is 0.145. The molecule has 0 amide bonds. The minimum absolute atomic E-state index is 0.0987. The second kappa shape index (κ2) is 6.06. The molecule has 5 heteroatoms. The van der Waals surface area contributed by atoms with Gasteiger partial charge in [-0.3, -0.25) is 0 Å². The lowest BCUT2D eigenvalue weighted by atomic mass is 10.00. The van der Waals surface area contributed by atoms with Gasteiger partial charge in [-0.15, -0.1) is 0 Å². The molecule has 1 atom stereocenters. The van der Waals surface area contributed by atoms with Crippen LogP contribution < -0.4 is 0 Å². The van der Waals surface area contributed by atoms with Crippen LogP contribution in [0, 0.1) is 0 Å². The van der Waals surface area contributed by atoms with E-state index in [1.54, 1.807) is 0 Å². The highest BCUT2D eigenvalue weighted by Gasteiger charge is 2.20. The maximum atomic E-state index is 10.8. The molecule has 1 unspecified atom stereocenters. The summed E-state index contributed by atoms with van der Waals surface area (Å²) < 4.78 is 21.5. The Morgan fingerprint density at radius 2 is 2.13 bits per heavy atom. The first-order valence-electron chi connectivity index (χ1n) is 5.69. The van der Waals surface area contributed by atoms with E-state index in [0.717, 1.165) is 19.5 Å². The molecule has 0 aromatic heterocycles. The molecule has 1 rings (SSSR count). The van der Waals surface area contributed by atoms with Gasteiger partial charge in [-0.05, 0) is 38.8 Å². The number of nitrogens with zero attached hydrogens (tertiary/aromatic N) is 1. The minimum atomic E-state index is -3.30. The summed E-state index contributed by atoms with van der Waals surface area (Å²) in [5, 5.41) is 0. The van der Waals surface area contributed by atoms with E-state index in [9.17, 15) is 8.42 Å². The number of halogens is 1.